The van der Waals surface area contributed by atoms with Crippen LogP contribution < -0.4 is 9.21 Å². The molecule has 1 unspecified atom stereocenters. The van der Waals surface area contributed by atoms with Crippen molar-refractivity contribution < 1.29 is 18.4 Å². The van der Waals surface area contributed by atoms with E-state index in [9.17, 15) is 13.5 Å². The van der Waals surface area contributed by atoms with E-state index in [0.717, 1.165) is 29.4 Å². The predicted octanol–water partition coefficient (Wildman–Crippen LogP) is 2.38. The first-order valence-corrected chi connectivity index (χ1v) is 12.0. The Kier molecular flexibility index (Phi) is 6.09. The first-order chi connectivity index (χ1) is 14.4. The molecule has 3 aromatic carbocycles. The summed E-state index contributed by atoms with van der Waals surface area (Å²) in [6.07, 6.45) is 1.60. The maximum atomic E-state index is 13.6. The summed E-state index contributed by atoms with van der Waals surface area (Å²) in [5.41, 5.74) is 1.63. The third-order valence-corrected chi connectivity index (χ3v) is 7.63. The molecule has 2 N–H and O–H groups in total. The van der Waals surface area contributed by atoms with Crippen LogP contribution in [-0.4, -0.2) is 45.8 Å². The number of quaternary nitrogens is 1. The van der Waals surface area contributed by atoms with Crippen LogP contribution in [0.5, 0.6) is 0 Å². The molecule has 30 heavy (non-hydrogen) atoms. The molecule has 0 aliphatic carbocycles. The monoisotopic (exact) mass is 425 g/mol. The number of likely N-dealkylation sites (tertiary alicyclic amines) is 1. The lowest BCUT2D eigenvalue weighted by Crippen LogP contribution is -3.11. The third-order valence-electron chi connectivity index (χ3n) is 5.84. The van der Waals surface area contributed by atoms with Gasteiger partial charge in [0.05, 0.1) is 30.2 Å². The molecule has 0 amide bonds. The number of aliphatic hydroxyl groups excluding tert-OH is 1. The van der Waals surface area contributed by atoms with Crippen LogP contribution in [0, 0.1) is 6.92 Å². The molecular weight excluding hydrogens is 396 g/mol. The summed E-state index contributed by atoms with van der Waals surface area (Å²) in [7, 11) is -3.82. The number of nitrogens with one attached hydrogen (secondary N) is 1. The van der Waals surface area contributed by atoms with Crippen LogP contribution in [-0.2, 0) is 10.0 Å². The van der Waals surface area contributed by atoms with E-state index < -0.39 is 16.1 Å². The van der Waals surface area contributed by atoms with Crippen molar-refractivity contribution in [1.29, 1.82) is 0 Å². The summed E-state index contributed by atoms with van der Waals surface area (Å²) in [6.45, 7) is 4.66. The Morgan fingerprint density at radius 2 is 1.63 bits per heavy atom. The first-order valence-electron chi connectivity index (χ1n) is 10.5. The first kappa shape index (κ1) is 20.8. The largest absolute Gasteiger partial charge is 0.385 e. The molecule has 1 atom stereocenters. The van der Waals surface area contributed by atoms with Gasteiger partial charge in [0, 0.05) is 12.8 Å². The molecule has 1 saturated heterocycles. The minimum Gasteiger partial charge on any atom is -0.385 e. The maximum absolute atomic E-state index is 13.6. The number of anilines is 1. The van der Waals surface area contributed by atoms with Crippen LogP contribution in [0.1, 0.15) is 18.4 Å². The van der Waals surface area contributed by atoms with E-state index in [4.69, 9.17) is 0 Å². The highest BCUT2D eigenvalue weighted by Gasteiger charge is 2.29. The highest BCUT2D eigenvalue weighted by Crippen LogP contribution is 2.27. The lowest BCUT2D eigenvalue weighted by molar-refractivity contribution is -0.890. The van der Waals surface area contributed by atoms with E-state index in [-0.39, 0.29) is 11.4 Å². The van der Waals surface area contributed by atoms with Crippen molar-refractivity contribution >= 4 is 26.5 Å². The van der Waals surface area contributed by atoms with Gasteiger partial charge in [-0.3, -0.25) is 4.31 Å². The Labute approximate surface area is 178 Å². The van der Waals surface area contributed by atoms with Gasteiger partial charge in [0.15, 0.2) is 0 Å². The van der Waals surface area contributed by atoms with Crippen LogP contribution in [0.2, 0.25) is 0 Å². The summed E-state index contributed by atoms with van der Waals surface area (Å²) in [6, 6.07) is 20.3. The number of hydrogen-bond donors (Lipinski definition) is 2. The van der Waals surface area contributed by atoms with Gasteiger partial charge in [-0.05, 0) is 42.0 Å². The molecule has 1 heterocycles. The fourth-order valence-corrected chi connectivity index (χ4v) is 5.71. The summed E-state index contributed by atoms with van der Waals surface area (Å²) in [5.74, 6) is 0. The number of benzene rings is 3. The van der Waals surface area contributed by atoms with E-state index in [1.165, 1.54) is 22.0 Å². The van der Waals surface area contributed by atoms with Crippen molar-refractivity contribution in [2.75, 3.05) is 30.5 Å². The SMILES string of the molecule is Cc1ccc(N(CC(O)C[NH+]2CCCC2)S(=O)(=O)c2ccc3ccccc3c2)cc1. The van der Waals surface area contributed by atoms with Crippen molar-refractivity contribution in [1.82, 2.24) is 0 Å². The Bertz CT molecular complexity index is 1110. The molecule has 158 valence electrons. The fraction of sp³-hybridized carbons (Fsp3) is 0.333. The Hall–Kier alpha value is -2.41. The highest BCUT2D eigenvalue weighted by molar-refractivity contribution is 7.92. The Morgan fingerprint density at radius 1 is 0.967 bits per heavy atom. The van der Waals surface area contributed by atoms with Crippen LogP contribution in [0.25, 0.3) is 10.8 Å². The summed E-state index contributed by atoms with van der Waals surface area (Å²) < 4.78 is 28.6. The van der Waals surface area contributed by atoms with Crippen LogP contribution in [0.15, 0.2) is 71.6 Å². The van der Waals surface area contributed by atoms with Crippen LogP contribution in [0.4, 0.5) is 5.69 Å². The molecule has 1 aliphatic rings. The van der Waals surface area contributed by atoms with Gasteiger partial charge in [-0.15, -0.1) is 0 Å². The zero-order valence-corrected chi connectivity index (χ0v) is 18.1. The molecule has 0 spiro atoms. The molecular formula is C24H29N2O3S+. The Morgan fingerprint density at radius 3 is 2.33 bits per heavy atom. The topological polar surface area (TPSA) is 62.1 Å². The van der Waals surface area contributed by atoms with Gasteiger partial charge < -0.3 is 10.0 Å². The number of rotatable bonds is 7. The van der Waals surface area contributed by atoms with E-state index in [1.54, 1.807) is 12.1 Å². The van der Waals surface area contributed by atoms with E-state index in [2.05, 4.69) is 0 Å². The zero-order valence-electron chi connectivity index (χ0n) is 17.3. The second-order valence-corrected chi connectivity index (χ2v) is 10.1. The summed E-state index contributed by atoms with van der Waals surface area (Å²) >= 11 is 0. The van der Waals surface area contributed by atoms with Gasteiger partial charge in [0.2, 0.25) is 0 Å². The molecule has 1 aliphatic heterocycles. The second kappa shape index (κ2) is 8.76. The quantitative estimate of drug-likeness (QED) is 0.611. The lowest BCUT2D eigenvalue weighted by atomic mass is 10.1. The number of sulfonamides is 1. The van der Waals surface area contributed by atoms with Gasteiger partial charge in [-0.1, -0.05) is 48.0 Å². The third kappa shape index (κ3) is 4.51. The summed E-state index contributed by atoms with van der Waals surface area (Å²) in [5, 5.41) is 12.6. The van der Waals surface area contributed by atoms with Crippen LogP contribution in [0.3, 0.4) is 0 Å². The fourth-order valence-electron chi connectivity index (χ4n) is 4.18. The highest BCUT2D eigenvalue weighted by atomic mass is 32.2. The van der Waals surface area contributed by atoms with Gasteiger partial charge in [-0.2, -0.15) is 0 Å². The van der Waals surface area contributed by atoms with Crippen molar-refractivity contribution in [2.45, 2.75) is 30.8 Å². The predicted molar refractivity (Wildman–Crippen MR) is 120 cm³/mol. The van der Waals surface area contributed by atoms with Crippen molar-refractivity contribution in [3.63, 3.8) is 0 Å². The lowest BCUT2D eigenvalue weighted by Gasteiger charge is -2.28. The average Bonchev–Trinajstić information content (AvgIpc) is 3.25. The number of fused-ring (bicyclic) bond motifs is 1. The minimum absolute atomic E-state index is 0.0434. The number of hydrogen-bond acceptors (Lipinski definition) is 3. The molecule has 0 bridgehead atoms. The van der Waals surface area contributed by atoms with Gasteiger partial charge >= 0.3 is 0 Å². The second-order valence-electron chi connectivity index (χ2n) is 8.20. The molecule has 4 rings (SSSR count). The molecule has 1 fully saturated rings. The van der Waals surface area contributed by atoms with Crippen molar-refractivity contribution in [3.8, 4) is 0 Å². The average molecular weight is 426 g/mol. The van der Waals surface area contributed by atoms with Crippen molar-refractivity contribution in [2.24, 2.45) is 0 Å². The molecule has 0 radical (unpaired) electrons. The number of nitrogens with zero attached hydrogens (tertiary/aromatic N) is 1. The summed E-state index contributed by atoms with van der Waals surface area (Å²) in [4.78, 5) is 1.58. The number of aliphatic hydroxyl groups is 1. The minimum atomic E-state index is -3.82. The molecule has 5 nitrogen and oxygen atoms in total. The number of aryl methyl sites for hydroxylation is 1. The van der Waals surface area contributed by atoms with E-state index in [0.29, 0.717) is 12.2 Å². The molecule has 0 aromatic heterocycles. The standard InChI is InChI=1S/C24H28N2O3S/c1-19-8-11-22(12-9-19)26(18-23(27)17-25-14-4-5-15-25)30(28,29)24-13-10-20-6-2-3-7-21(20)16-24/h2-3,6-13,16,23,27H,4-5,14-15,17-18H2,1H3/p+1. The molecule has 3 aromatic rings. The maximum Gasteiger partial charge on any atom is 0.264 e. The smallest absolute Gasteiger partial charge is 0.264 e. The normalized spacial score (nSPS) is 16.1. The van der Waals surface area contributed by atoms with Gasteiger partial charge in [0.1, 0.15) is 12.6 Å². The molecule has 6 heteroatoms. The van der Waals surface area contributed by atoms with Crippen LogP contribution >= 0.6 is 0 Å². The van der Waals surface area contributed by atoms with Crippen molar-refractivity contribution in [3.05, 3.63) is 72.3 Å². The van der Waals surface area contributed by atoms with Gasteiger partial charge in [-0.25, -0.2) is 8.42 Å². The van der Waals surface area contributed by atoms with E-state index >= 15 is 0 Å². The van der Waals surface area contributed by atoms with Gasteiger partial charge in [0.25, 0.3) is 10.0 Å². The van der Waals surface area contributed by atoms with E-state index in [1.807, 2.05) is 61.5 Å². The molecule has 0 saturated carbocycles. The Balaban J connectivity index is 1.68. The zero-order chi connectivity index (χ0) is 21.1.